The number of carbonyl (C=O) groups is 2. The molecular formula is C25H45N3O3. The second-order valence-electron chi connectivity index (χ2n) is 8.64. The van der Waals surface area contributed by atoms with Gasteiger partial charge in [-0.3, -0.25) is 14.5 Å². The summed E-state index contributed by atoms with van der Waals surface area (Å²) in [5.41, 5.74) is 0. The van der Waals surface area contributed by atoms with E-state index in [2.05, 4.69) is 43.2 Å². The molecule has 31 heavy (non-hydrogen) atoms. The van der Waals surface area contributed by atoms with Gasteiger partial charge in [-0.1, -0.05) is 51.7 Å². The number of carbonyl (C=O) groups excluding carboxylic acids is 2. The molecule has 2 amide bonds. The number of hydrogen-bond donors (Lipinski definition) is 2. The topological polar surface area (TPSA) is 74.0 Å². The summed E-state index contributed by atoms with van der Waals surface area (Å²) in [5.74, 6) is -0.0831. The SMILES string of the molecule is CCCCC/C=C/C(=O)NCC(C)N(CC1CO1)C(C)CNC(=O)/C=C/CCCCC. The van der Waals surface area contributed by atoms with Crippen molar-refractivity contribution in [2.75, 3.05) is 26.2 Å². The average molecular weight is 436 g/mol. The van der Waals surface area contributed by atoms with Crippen LogP contribution in [-0.2, 0) is 14.3 Å². The second-order valence-corrected chi connectivity index (χ2v) is 8.64. The van der Waals surface area contributed by atoms with E-state index in [4.69, 9.17) is 4.74 Å². The van der Waals surface area contributed by atoms with Crippen molar-refractivity contribution in [2.45, 2.75) is 97.2 Å². The molecule has 1 heterocycles. The van der Waals surface area contributed by atoms with E-state index >= 15 is 0 Å². The van der Waals surface area contributed by atoms with Gasteiger partial charge in [0, 0.05) is 31.7 Å². The zero-order valence-corrected chi connectivity index (χ0v) is 20.2. The van der Waals surface area contributed by atoms with Gasteiger partial charge < -0.3 is 15.4 Å². The molecule has 1 aliphatic heterocycles. The lowest BCUT2D eigenvalue weighted by atomic mass is 10.1. The minimum absolute atomic E-state index is 0.0415. The minimum atomic E-state index is -0.0415. The third kappa shape index (κ3) is 14.1. The van der Waals surface area contributed by atoms with Crippen LogP contribution in [0.2, 0.25) is 0 Å². The van der Waals surface area contributed by atoms with E-state index in [9.17, 15) is 9.59 Å². The molecule has 1 aliphatic rings. The molecule has 2 N–H and O–H groups in total. The molecule has 1 saturated heterocycles. The lowest BCUT2D eigenvalue weighted by Gasteiger charge is -2.34. The van der Waals surface area contributed by atoms with Gasteiger partial charge in [0.25, 0.3) is 0 Å². The molecule has 0 saturated carbocycles. The Bertz CT molecular complexity index is 516. The smallest absolute Gasteiger partial charge is 0.243 e. The zero-order valence-electron chi connectivity index (χ0n) is 20.2. The number of unbranched alkanes of at least 4 members (excludes halogenated alkanes) is 6. The van der Waals surface area contributed by atoms with Crippen molar-refractivity contribution in [1.29, 1.82) is 0 Å². The van der Waals surface area contributed by atoms with Gasteiger partial charge in [-0.15, -0.1) is 0 Å². The summed E-state index contributed by atoms with van der Waals surface area (Å²) in [4.78, 5) is 26.5. The van der Waals surface area contributed by atoms with E-state index in [1.807, 2.05) is 12.2 Å². The lowest BCUT2D eigenvalue weighted by Crippen LogP contribution is -2.51. The highest BCUT2D eigenvalue weighted by atomic mass is 16.6. The molecule has 6 heteroatoms. The Morgan fingerprint density at radius 3 is 1.74 bits per heavy atom. The summed E-state index contributed by atoms with van der Waals surface area (Å²) in [7, 11) is 0. The van der Waals surface area contributed by atoms with Crippen LogP contribution in [-0.4, -0.2) is 61.1 Å². The second kappa shape index (κ2) is 17.0. The standard InChI is InChI=1S/C25H45N3O3/c1-5-7-9-11-13-15-24(29)26-17-21(3)28(19-23-20-31-23)22(4)18-27-25(30)16-14-12-10-8-6-2/h13-16,21-23H,5-12,17-20H2,1-4H3,(H,26,29)(H,27,30)/b15-13+,16-14+. The Hall–Kier alpha value is -1.66. The fourth-order valence-electron chi connectivity index (χ4n) is 3.46. The highest BCUT2D eigenvalue weighted by Crippen LogP contribution is 2.15. The average Bonchev–Trinajstić information content (AvgIpc) is 3.58. The van der Waals surface area contributed by atoms with Gasteiger partial charge in [-0.25, -0.2) is 0 Å². The first-order valence-corrected chi connectivity index (χ1v) is 12.2. The van der Waals surface area contributed by atoms with E-state index in [1.54, 1.807) is 12.2 Å². The van der Waals surface area contributed by atoms with Gasteiger partial charge in [-0.2, -0.15) is 0 Å². The zero-order chi connectivity index (χ0) is 22.9. The van der Waals surface area contributed by atoms with Crippen LogP contribution in [0.25, 0.3) is 0 Å². The molecule has 1 fully saturated rings. The first-order chi connectivity index (χ1) is 15.0. The lowest BCUT2D eigenvalue weighted by molar-refractivity contribution is -0.117. The monoisotopic (exact) mass is 435 g/mol. The van der Waals surface area contributed by atoms with Crippen molar-refractivity contribution in [3.8, 4) is 0 Å². The van der Waals surface area contributed by atoms with E-state index in [1.165, 1.54) is 25.7 Å². The summed E-state index contributed by atoms with van der Waals surface area (Å²) in [6.45, 7) is 11.3. The Morgan fingerprint density at radius 2 is 1.35 bits per heavy atom. The van der Waals surface area contributed by atoms with Gasteiger partial charge in [0.2, 0.25) is 11.8 Å². The van der Waals surface area contributed by atoms with Crippen LogP contribution in [0, 0.1) is 0 Å². The molecular weight excluding hydrogens is 390 g/mol. The predicted molar refractivity (Wildman–Crippen MR) is 128 cm³/mol. The summed E-state index contributed by atoms with van der Waals surface area (Å²) in [5, 5.41) is 6.01. The summed E-state index contributed by atoms with van der Waals surface area (Å²) < 4.78 is 5.42. The van der Waals surface area contributed by atoms with Crippen molar-refractivity contribution in [2.24, 2.45) is 0 Å². The molecule has 0 aliphatic carbocycles. The fraction of sp³-hybridized carbons (Fsp3) is 0.760. The fourth-order valence-corrected chi connectivity index (χ4v) is 3.46. The Kier molecular flexibility index (Phi) is 15.0. The van der Waals surface area contributed by atoms with Crippen LogP contribution in [0.4, 0.5) is 0 Å². The van der Waals surface area contributed by atoms with Crippen LogP contribution in [0.3, 0.4) is 0 Å². The number of rotatable bonds is 18. The summed E-state index contributed by atoms with van der Waals surface area (Å²) >= 11 is 0. The number of nitrogens with zero attached hydrogens (tertiary/aromatic N) is 1. The van der Waals surface area contributed by atoms with Crippen LogP contribution >= 0.6 is 0 Å². The minimum Gasteiger partial charge on any atom is -0.372 e. The highest BCUT2D eigenvalue weighted by Gasteiger charge is 2.30. The summed E-state index contributed by atoms with van der Waals surface area (Å²) in [6.07, 6.45) is 16.4. The van der Waals surface area contributed by atoms with Crippen LogP contribution in [0.15, 0.2) is 24.3 Å². The first kappa shape index (κ1) is 27.4. The normalized spacial score (nSPS) is 17.9. The Balaban J connectivity index is 2.40. The van der Waals surface area contributed by atoms with Crippen LogP contribution < -0.4 is 10.6 Å². The first-order valence-electron chi connectivity index (χ1n) is 12.2. The quantitative estimate of drug-likeness (QED) is 0.194. The van der Waals surface area contributed by atoms with Crippen molar-refractivity contribution >= 4 is 11.8 Å². The number of allylic oxidation sites excluding steroid dienone is 2. The molecule has 6 nitrogen and oxygen atoms in total. The molecule has 0 aromatic rings. The molecule has 0 aromatic heterocycles. The third-order valence-electron chi connectivity index (χ3n) is 5.58. The summed E-state index contributed by atoms with van der Waals surface area (Å²) in [6, 6.07) is 0.302. The molecule has 0 bridgehead atoms. The molecule has 3 atom stereocenters. The largest absolute Gasteiger partial charge is 0.372 e. The highest BCUT2D eigenvalue weighted by molar-refractivity contribution is 5.87. The molecule has 0 radical (unpaired) electrons. The molecule has 3 unspecified atom stereocenters. The number of nitrogens with one attached hydrogen (secondary N) is 2. The number of amides is 2. The molecule has 0 aromatic carbocycles. The van der Waals surface area contributed by atoms with Crippen molar-refractivity contribution < 1.29 is 14.3 Å². The van der Waals surface area contributed by atoms with Gasteiger partial charge in [0.1, 0.15) is 0 Å². The van der Waals surface area contributed by atoms with E-state index in [0.717, 1.165) is 38.8 Å². The maximum Gasteiger partial charge on any atom is 0.243 e. The number of epoxide rings is 1. The van der Waals surface area contributed by atoms with E-state index in [0.29, 0.717) is 13.1 Å². The van der Waals surface area contributed by atoms with E-state index < -0.39 is 0 Å². The number of hydrogen-bond acceptors (Lipinski definition) is 4. The van der Waals surface area contributed by atoms with E-state index in [-0.39, 0.29) is 30.0 Å². The Labute approximate surface area is 189 Å². The van der Waals surface area contributed by atoms with Gasteiger partial charge in [0.15, 0.2) is 0 Å². The van der Waals surface area contributed by atoms with Crippen molar-refractivity contribution in [1.82, 2.24) is 15.5 Å². The van der Waals surface area contributed by atoms with Crippen molar-refractivity contribution in [3.05, 3.63) is 24.3 Å². The molecule has 0 spiro atoms. The van der Waals surface area contributed by atoms with Gasteiger partial charge in [0.05, 0.1) is 12.7 Å². The third-order valence-corrected chi connectivity index (χ3v) is 5.58. The predicted octanol–water partition coefficient (Wildman–Crippen LogP) is 3.97. The molecule has 178 valence electrons. The maximum atomic E-state index is 12.1. The van der Waals surface area contributed by atoms with Crippen molar-refractivity contribution in [3.63, 3.8) is 0 Å². The maximum absolute atomic E-state index is 12.1. The molecule has 1 rings (SSSR count). The number of ether oxygens (including phenoxy) is 1. The van der Waals surface area contributed by atoms with Crippen LogP contribution in [0.5, 0.6) is 0 Å². The van der Waals surface area contributed by atoms with Gasteiger partial charge in [-0.05, 0) is 51.7 Å². The van der Waals surface area contributed by atoms with Gasteiger partial charge >= 0.3 is 0 Å². The Morgan fingerprint density at radius 1 is 0.903 bits per heavy atom. The van der Waals surface area contributed by atoms with Crippen LogP contribution in [0.1, 0.15) is 79.1 Å².